The lowest BCUT2D eigenvalue weighted by atomic mass is 10.2. The van der Waals surface area contributed by atoms with Crippen LogP contribution in [0.2, 0.25) is 0 Å². The lowest BCUT2D eigenvalue weighted by molar-refractivity contribution is 0.0599. The molecule has 0 atom stereocenters. The molecule has 0 aliphatic carbocycles. The van der Waals surface area contributed by atoms with Crippen molar-refractivity contribution >= 4 is 21.9 Å². The molecule has 3 nitrogen and oxygen atoms in total. The summed E-state index contributed by atoms with van der Waals surface area (Å²) in [6, 6.07) is 1.77. The highest BCUT2D eigenvalue weighted by Crippen LogP contribution is 2.16. The molecular formula is C8H8BrNO2. The Hall–Kier alpha value is -0.900. The Bertz CT molecular complexity index is 312. The molecule has 12 heavy (non-hydrogen) atoms. The summed E-state index contributed by atoms with van der Waals surface area (Å²) < 4.78 is 5.26. The molecule has 1 aromatic heterocycles. The van der Waals surface area contributed by atoms with Gasteiger partial charge in [0.05, 0.1) is 12.7 Å². The third kappa shape index (κ3) is 1.82. The van der Waals surface area contributed by atoms with E-state index < -0.39 is 0 Å². The van der Waals surface area contributed by atoms with E-state index in [2.05, 4.69) is 25.7 Å². The number of carbonyl (C=O) groups excluding carboxylic acids is 1. The van der Waals surface area contributed by atoms with Crippen LogP contribution in [0.3, 0.4) is 0 Å². The largest absolute Gasteiger partial charge is 0.465 e. The standard InChI is InChI=1S/C8H8BrNO2/c1-5-3-7(9)6(4-10-5)8(11)12-2/h3-4H,1-2H3. The predicted octanol–water partition coefficient (Wildman–Crippen LogP) is 1.94. The molecule has 1 heterocycles. The smallest absolute Gasteiger partial charge is 0.340 e. The topological polar surface area (TPSA) is 39.2 Å². The van der Waals surface area contributed by atoms with Gasteiger partial charge in [0.15, 0.2) is 0 Å². The Morgan fingerprint density at radius 1 is 1.67 bits per heavy atom. The van der Waals surface area contributed by atoms with Crippen LogP contribution in [-0.4, -0.2) is 18.1 Å². The van der Waals surface area contributed by atoms with E-state index in [9.17, 15) is 4.79 Å². The van der Waals surface area contributed by atoms with E-state index in [1.165, 1.54) is 13.3 Å². The Kier molecular flexibility index (Phi) is 2.81. The summed E-state index contributed by atoms with van der Waals surface area (Å²) in [5.74, 6) is -0.380. The highest BCUT2D eigenvalue weighted by Gasteiger charge is 2.09. The van der Waals surface area contributed by atoms with Gasteiger partial charge >= 0.3 is 5.97 Å². The van der Waals surface area contributed by atoms with Crippen LogP contribution >= 0.6 is 15.9 Å². The zero-order valence-electron chi connectivity index (χ0n) is 6.80. The summed E-state index contributed by atoms with van der Waals surface area (Å²) in [5.41, 5.74) is 1.30. The number of hydrogen-bond donors (Lipinski definition) is 0. The highest BCUT2D eigenvalue weighted by atomic mass is 79.9. The van der Waals surface area contributed by atoms with Crippen molar-refractivity contribution in [3.8, 4) is 0 Å². The molecule has 0 aliphatic heterocycles. The van der Waals surface area contributed by atoms with E-state index in [0.29, 0.717) is 10.0 Å². The second kappa shape index (κ2) is 3.67. The van der Waals surface area contributed by atoms with Gasteiger partial charge in [-0.1, -0.05) is 0 Å². The first-order valence-electron chi connectivity index (χ1n) is 3.35. The average Bonchev–Trinajstić information content (AvgIpc) is 2.03. The Labute approximate surface area is 78.9 Å². The van der Waals surface area contributed by atoms with Crippen molar-refractivity contribution in [2.75, 3.05) is 7.11 Å². The van der Waals surface area contributed by atoms with Gasteiger partial charge in [-0.3, -0.25) is 4.98 Å². The number of aryl methyl sites for hydroxylation is 1. The zero-order chi connectivity index (χ0) is 9.14. The second-order valence-electron chi connectivity index (χ2n) is 2.30. The maximum absolute atomic E-state index is 11.1. The number of esters is 1. The molecule has 0 amide bonds. The molecule has 0 bridgehead atoms. The molecule has 0 aromatic carbocycles. The van der Waals surface area contributed by atoms with Crippen molar-refractivity contribution < 1.29 is 9.53 Å². The fourth-order valence-corrected chi connectivity index (χ4v) is 1.38. The number of carbonyl (C=O) groups is 1. The molecule has 1 rings (SSSR count). The number of ether oxygens (including phenoxy) is 1. The van der Waals surface area contributed by atoms with Crippen molar-refractivity contribution in [2.45, 2.75) is 6.92 Å². The van der Waals surface area contributed by atoms with E-state index in [4.69, 9.17) is 0 Å². The predicted molar refractivity (Wildman–Crippen MR) is 48.0 cm³/mol. The van der Waals surface area contributed by atoms with Gasteiger partial charge in [0.1, 0.15) is 0 Å². The molecule has 4 heteroatoms. The molecular weight excluding hydrogens is 222 g/mol. The van der Waals surface area contributed by atoms with Crippen molar-refractivity contribution in [1.29, 1.82) is 0 Å². The van der Waals surface area contributed by atoms with E-state index >= 15 is 0 Å². The third-order valence-corrected chi connectivity index (χ3v) is 2.05. The molecule has 0 N–H and O–H groups in total. The van der Waals surface area contributed by atoms with E-state index in [0.717, 1.165) is 5.69 Å². The molecule has 0 unspecified atom stereocenters. The van der Waals surface area contributed by atoms with E-state index in [1.54, 1.807) is 6.07 Å². The number of halogens is 1. The SMILES string of the molecule is COC(=O)c1cnc(C)cc1Br. The first-order valence-corrected chi connectivity index (χ1v) is 4.15. The lowest BCUT2D eigenvalue weighted by Crippen LogP contribution is -2.03. The average molecular weight is 230 g/mol. The Morgan fingerprint density at radius 3 is 2.83 bits per heavy atom. The van der Waals surface area contributed by atoms with Crippen LogP contribution in [0.15, 0.2) is 16.7 Å². The molecule has 0 radical (unpaired) electrons. The third-order valence-electron chi connectivity index (χ3n) is 1.40. The first kappa shape index (κ1) is 9.19. The van der Waals surface area contributed by atoms with Gasteiger partial charge in [0.25, 0.3) is 0 Å². The van der Waals surface area contributed by atoms with Crippen molar-refractivity contribution in [3.63, 3.8) is 0 Å². The van der Waals surface area contributed by atoms with Gasteiger partial charge in [-0.15, -0.1) is 0 Å². The van der Waals surface area contributed by atoms with Crippen LogP contribution in [0.5, 0.6) is 0 Å². The van der Waals surface area contributed by atoms with Gasteiger partial charge in [-0.05, 0) is 28.9 Å². The summed E-state index contributed by atoms with van der Waals surface area (Å²) in [6.45, 7) is 1.85. The summed E-state index contributed by atoms with van der Waals surface area (Å²) in [5, 5.41) is 0. The fraction of sp³-hybridized carbons (Fsp3) is 0.250. The van der Waals surface area contributed by atoms with Gasteiger partial charge in [-0.2, -0.15) is 0 Å². The minimum atomic E-state index is -0.380. The number of nitrogens with zero attached hydrogens (tertiary/aromatic N) is 1. The first-order chi connectivity index (χ1) is 5.65. The van der Waals surface area contributed by atoms with Crippen LogP contribution in [-0.2, 0) is 4.74 Å². The summed E-state index contributed by atoms with van der Waals surface area (Å²) in [6.07, 6.45) is 1.49. The van der Waals surface area contributed by atoms with Gasteiger partial charge in [0.2, 0.25) is 0 Å². The summed E-state index contributed by atoms with van der Waals surface area (Å²) >= 11 is 3.25. The number of rotatable bonds is 1. The van der Waals surface area contributed by atoms with Crippen LogP contribution in [0.4, 0.5) is 0 Å². The van der Waals surface area contributed by atoms with Crippen LogP contribution < -0.4 is 0 Å². The van der Waals surface area contributed by atoms with Gasteiger partial charge < -0.3 is 4.74 Å². The van der Waals surface area contributed by atoms with Crippen LogP contribution in [0.25, 0.3) is 0 Å². The maximum Gasteiger partial charge on any atom is 0.340 e. The Morgan fingerprint density at radius 2 is 2.33 bits per heavy atom. The van der Waals surface area contributed by atoms with E-state index in [1.807, 2.05) is 6.92 Å². The lowest BCUT2D eigenvalue weighted by Gasteiger charge is -2.01. The zero-order valence-corrected chi connectivity index (χ0v) is 8.38. The van der Waals surface area contributed by atoms with Crippen LogP contribution in [0, 0.1) is 6.92 Å². The van der Waals surface area contributed by atoms with Crippen molar-refractivity contribution in [3.05, 3.63) is 28.0 Å². The molecule has 0 fully saturated rings. The Balaban J connectivity index is 3.09. The van der Waals surface area contributed by atoms with Gasteiger partial charge in [0, 0.05) is 16.4 Å². The molecule has 0 saturated carbocycles. The maximum atomic E-state index is 11.1. The number of aromatic nitrogens is 1. The minimum Gasteiger partial charge on any atom is -0.465 e. The molecule has 0 spiro atoms. The summed E-state index contributed by atoms with van der Waals surface area (Å²) in [7, 11) is 1.34. The highest BCUT2D eigenvalue weighted by molar-refractivity contribution is 9.10. The molecule has 1 aromatic rings. The molecule has 64 valence electrons. The minimum absolute atomic E-state index is 0.380. The van der Waals surface area contributed by atoms with Crippen molar-refractivity contribution in [1.82, 2.24) is 4.98 Å². The normalized spacial score (nSPS) is 9.58. The van der Waals surface area contributed by atoms with Crippen molar-refractivity contribution in [2.24, 2.45) is 0 Å². The number of methoxy groups -OCH3 is 1. The van der Waals surface area contributed by atoms with Gasteiger partial charge in [-0.25, -0.2) is 4.79 Å². The fourth-order valence-electron chi connectivity index (χ4n) is 0.787. The van der Waals surface area contributed by atoms with Crippen LogP contribution in [0.1, 0.15) is 16.1 Å². The summed E-state index contributed by atoms with van der Waals surface area (Å²) in [4.78, 5) is 15.0. The molecule has 0 aliphatic rings. The monoisotopic (exact) mass is 229 g/mol. The number of hydrogen-bond acceptors (Lipinski definition) is 3. The second-order valence-corrected chi connectivity index (χ2v) is 3.15. The molecule has 0 saturated heterocycles. The van der Waals surface area contributed by atoms with E-state index in [-0.39, 0.29) is 5.97 Å². The number of pyridine rings is 1. The quantitative estimate of drug-likeness (QED) is 0.692.